The Morgan fingerprint density at radius 3 is 2.69 bits per heavy atom. The van der Waals surface area contributed by atoms with Gasteiger partial charge < -0.3 is 5.32 Å². The summed E-state index contributed by atoms with van der Waals surface area (Å²) in [6, 6.07) is 4.51. The summed E-state index contributed by atoms with van der Waals surface area (Å²) in [6.45, 7) is 7.07. The second-order valence-electron chi connectivity index (χ2n) is 4.79. The molecule has 2 nitrogen and oxygen atoms in total. The molecule has 2 rings (SSSR count). The maximum absolute atomic E-state index is 3.29. The molecule has 1 aliphatic rings. The first-order valence-corrected chi connectivity index (χ1v) is 7.02. The van der Waals surface area contributed by atoms with Crippen LogP contribution in [0.2, 0.25) is 0 Å². The van der Waals surface area contributed by atoms with Crippen LogP contribution in [0.1, 0.15) is 22.6 Å². The van der Waals surface area contributed by atoms with Crippen molar-refractivity contribution in [2.24, 2.45) is 5.92 Å². The lowest BCUT2D eigenvalue weighted by molar-refractivity contribution is 0.178. The Hall–Kier alpha value is -0.380. The number of aryl methyl sites for hydroxylation is 1. The van der Waals surface area contributed by atoms with Crippen molar-refractivity contribution in [1.82, 2.24) is 10.2 Å². The molecule has 16 heavy (non-hydrogen) atoms. The van der Waals surface area contributed by atoms with E-state index >= 15 is 0 Å². The number of thiophene rings is 1. The van der Waals surface area contributed by atoms with Crippen molar-refractivity contribution < 1.29 is 0 Å². The maximum Gasteiger partial charge on any atom is 0.0328 e. The summed E-state index contributed by atoms with van der Waals surface area (Å²) < 4.78 is 0. The summed E-state index contributed by atoms with van der Waals surface area (Å²) >= 11 is 1.94. The van der Waals surface area contributed by atoms with Crippen molar-refractivity contribution in [2.45, 2.75) is 26.3 Å². The van der Waals surface area contributed by atoms with Crippen LogP contribution in [-0.4, -0.2) is 31.6 Å². The van der Waals surface area contributed by atoms with Gasteiger partial charge in [0.15, 0.2) is 0 Å². The molecule has 0 aromatic carbocycles. The molecule has 1 aromatic heterocycles. The van der Waals surface area contributed by atoms with Gasteiger partial charge >= 0.3 is 0 Å². The molecule has 1 fully saturated rings. The lowest BCUT2D eigenvalue weighted by Crippen LogP contribution is -2.36. The minimum Gasteiger partial charge on any atom is -0.319 e. The lowest BCUT2D eigenvalue weighted by Gasteiger charge is -2.31. The van der Waals surface area contributed by atoms with Gasteiger partial charge in [0, 0.05) is 16.3 Å². The molecule has 0 bridgehead atoms. The zero-order valence-electron chi connectivity index (χ0n) is 10.3. The third kappa shape index (κ3) is 3.30. The molecule has 0 atom stereocenters. The molecule has 1 aromatic rings. The summed E-state index contributed by atoms with van der Waals surface area (Å²) in [5.41, 5.74) is 0. The van der Waals surface area contributed by atoms with Crippen molar-refractivity contribution in [3.63, 3.8) is 0 Å². The van der Waals surface area contributed by atoms with E-state index in [2.05, 4.69) is 36.3 Å². The molecule has 2 heterocycles. The van der Waals surface area contributed by atoms with Gasteiger partial charge in [0.2, 0.25) is 0 Å². The monoisotopic (exact) mass is 238 g/mol. The number of hydrogen-bond donors (Lipinski definition) is 1. The number of likely N-dealkylation sites (tertiary alicyclic amines) is 1. The van der Waals surface area contributed by atoms with E-state index in [0.29, 0.717) is 0 Å². The summed E-state index contributed by atoms with van der Waals surface area (Å²) in [5, 5.41) is 3.29. The van der Waals surface area contributed by atoms with Crippen molar-refractivity contribution in [3.05, 3.63) is 21.9 Å². The van der Waals surface area contributed by atoms with Gasteiger partial charge in [-0.05, 0) is 64.5 Å². The SMILES string of the molecule is CNCC1CCN(Cc2ccc(C)s2)CC1. The third-order valence-corrected chi connectivity index (χ3v) is 4.36. The molecule has 0 aliphatic carbocycles. The number of hydrogen-bond acceptors (Lipinski definition) is 3. The highest BCUT2D eigenvalue weighted by atomic mass is 32.1. The molecule has 1 aliphatic heterocycles. The van der Waals surface area contributed by atoms with E-state index in [0.717, 1.165) is 12.5 Å². The van der Waals surface area contributed by atoms with E-state index < -0.39 is 0 Å². The predicted molar refractivity (Wildman–Crippen MR) is 71.0 cm³/mol. The molecule has 1 saturated heterocycles. The van der Waals surface area contributed by atoms with Crippen LogP contribution in [0.3, 0.4) is 0 Å². The minimum absolute atomic E-state index is 0.895. The topological polar surface area (TPSA) is 15.3 Å². The summed E-state index contributed by atoms with van der Waals surface area (Å²) in [6.07, 6.45) is 2.70. The molecule has 3 heteroatoms. The van der Waals surface area contributed by atoms with Gasteiger partial charge in [-0.2, -0.15) is 0 Å². The van der Waals surface area contributed by atoms with Crippen LogP contribution in [0.25, 0.3) is 0 Å². The largest absolute Gasteiger partial charge is 0.319 e. The average molecular weight is 238 g/mol. The van der Waals surface area contributed by atoms with Crippen LogP contribution in [0.5, 0.6) is 0 Å². The minimum atomic E-state index is 0.895. The zero-order valence-corrected chi connectivity index (χ0v) is 11.1. The van der Waals surface area contributed by atoms with Gasteiger partial charge in [0.25, 0.3) is 0 Å². The zero-order chi connectivity index (χ0) is 11.4. The Labute approximate surface area is 103 Å². The van der Waals surface area contributed by atoms with Crippen LogP contribution >= 0.6 is 11.3 Å². The first kappa shape index (κ1) is 12.1. The highest BCUT2D eigenvalue weighted by Gasteiger charge is 2.18. The Morgan fingerprint density at radius 1 is 1.38 bits per heavy atom. The quantitative estimate of drug-likeness (QED) is 0.867. The molecule has 0 saturated carbocycles. The first-order valence-electron chi connectivity index (χ1n) is 6.20. The predicted octanol–water partition coefficient (Wildman–Crippen LogP) is 2.49. The van der Waals surface area contributed by atoms with Gasteiger partial charge in [-0.1, -0.05) is 0 Å². The van der Waals surface area contributed by atoms with E-state index in [-0.39, 0.29) is 0 Å². The first-order chi connectivity index (χ1) is 7.78. The lowest BCUT2D eigenvalue weighted by atomic mass is 9.97. The normalized spacial score (nSPS) is 19.1. The summed E-state index contributed by atoms with van der Waals surface area (Å²) in [4.78, 5) is 5.54. The molecular formula is C13H22N2S. The van der Waals surface area contributed by atoms with Gasteiger partial charge in [-0.25, -0.2) is 0 Å². The second-order valence-corrected chi connectivity index (χ2v) is 6.16. The second kappa shape index (κ2) is 5.80. The number of nitrogens with one attached hydrogen (secondary N) is 1. The van der Waals surface area contributed by atoms with Crippen LogP contribution in [-0.2, 0) is 6.54 Å². The van der Waals surface area contributed by atoms with Gasteiger partial charge in [-0.15, -0.1) is 11.3 Å². The Balaban J connectivity index is 1.77. The number of piperidine rings is 1. The van der Waals surface area contributed by atoms with E-state index in [4.69, 9.17) is 0 Å². The van der Waals surface area contributed by atoms with Crippen molar-refractivity contribution in [3.8, 4) is 0 Å². The molecule has 0 unspecified atom stereocenters. The molecule has 0 amide bonds. The van der Waals surface area contributed by atoms with Gasteiger partial charge in [0.05, 0.1) is 0 Å². The molecule has 0 spiro atoms. The van der Waals surface area contributed by atoms with E-state index in [1.807, 2.05) is 11.3 Å². The average Bonchev–Trinajstić information content (AvgIpc) is 2.67. The van der Waals surface area contributed by atoms with E-state index in [9.17, 15) is 0 Å². The standard InChI is InChI=1S/C13H22N2S/c1-11-3-4-13(16-11)10-15-7-5-12(6-8-15)9-14-2/h3-4,12,14H,5-10H2,1-2H3. The van der Waals surface area contributed by atoms with Crippen LogP contribution in [0.15, 0.2) is 12.1 Å². The van der Waals surface area contributed by atoms with E-state index in [1.165, 1.54) is 42.2 Å². The fourth-order valence-electron chi connectivity index (χ4n) is 2.43. The van der Waals surface area contributed by atoms with Crippen LogP contribution < -0.4 is 5.32 Å². The highest BCUT2D eigenvalue weighted by Crippen LogP contribution is 2.21. The molecular weight excluding hydrogens is 216 g/mol. The van der Waals surface area contributed by atoms with Gasteiger partial charge in [0.1, 0.15) is 0 Å². The molecule has 1 N–H and O–H groups in total. The van der Waals surface area contributed by atoms with Crippen molar-refractivity contribution >= 4 is 11.3 Å². The highest BCUT2D eigenvalue weighted by molar-refractivity contribution is 7.11. The summed E-state index contributed by atoms with van der Waals surface area (Å²) in [7, 11) is 2.06. The number of nitrogens with zero attached hydrogens (tertiary/aromatic N) is 1. The summed E-state index contributed by atoms with van der Waals surface area (Å²) in [5.74, 6) is 0.895. The van der Waals surface area contributed by atoms with Crippen molar-refractivity contribution in [1.29, 1.82) is 0 Å². The fourth-order valence-corrected chi connectivity index (χ4v) is 3.36. The Bertz CT molecular complexity index is 313. The van der Waals surface area contributed by atoms with Crippen molar-refractivity contribution in [2.75, 3.05) is 26.7 Å². The number of rotatable bonds is 4. The molecule has 0 radical (unpaired) electrons. The van der Waals surface area contributed by atoms with Crippen LogP contribution in [0, 0.1) is 12.8 Å². The van der Waals surface area contributed by atoms with E-state index in [1.54, 1.807) is 0 Å². The third-order valence-electron chi connectivity index (χ3n) is 3.38. The molecule has 90 valence electrons. The smallest absolute Gasteiger partial charge is 0.0328 e. The van der Waals surface area contributed by atoms with Crippen LogP contribution in [0.4, 0.5) is 0 Å². The van der Waals surface area contributed by atoms with Gasteiger partial charge in [-0.3, -0.25) is 4.90 Å². The Kier molecular flexibility index (Phi) is 4.38. The maximum atomic E-state index is 3.29. The Morgan fingerprint density at radius 2 is 2.12 bits per heavy atom. The fraction of sp³-hybridized carbons (Fsp3) is 0.692.